The van der Waals surface area contributed by atoms with Gasteiger partial charge in [0.15, 0.2) is 0 Å². The van der Waals surface area contributed by atoms with Crippen LogP contribution >= 0.6 is 0 Å². The number of nitrogens with zero attached hydrogens (tertiary/aromatic N) is 1. The Kier molecular flexibility index (Phi) is 10.8. The van der Waals surface area contributed by atoms with Gasteiger partial charge in [-0.2, -0.15) is 0 Å². The second kappa shape index (κ2) is 12.8. The second-order valence-corrected chi connectivity index (χ2v) is 8.85. The largest absolute Gasteiger partial charge is 0.480 e. The number of aromatic nitrogens is 2. The van der Waals surface area contributed by atoms with Crippen molar-refractivity contribution < 1.29 is 24.3 Å². The summed E-state index contributed by atoms with van der Waals surface area (Å²) < 4.78 is 0. The predicted octanol–water partition coefficient (Wildman–Crippen LogP) is -0.0694. The van der Waals surface area contributed by atoms with Crippen LogP contribution in [0.15, 0.2) is 12.5 Å². The molecule has 1 heterocycles. The van der Waals surface area contributed by atoms with Crippen molar-refractivity contribution in [2.75, 3.05) is 0 Å². The number of carboxylic acid groups (broad SMARTS) is 1. The van der Waals surface area contributed by atoms with Crippen LogP contribution in [0.1, 0.15) is 53.2 Å². The van der Waals surface area contributed by atoms with Gasteiger partial charge in [0.1, 0.15) is 18.1 Å². The molecular formula is C21H36N6O5. The lowest BCUT2D eigenvalue weighted by Crippen LogP contribution is -2.57. The number of aliphatic carboxylic acids is 1. The van der Waals surface area contributed by atoms with E-state index in [1.165, 1.54) is 19.4 Å². The van der Waals surface area contributed by atoms with Crippen LogP contribution in [-0.4, -0.2) is 62.9 Å². The first-order valence-electron chi connectivity index (χ1n) is 10.8. The van der Waals surface area contributed by atoms with Crippen molar-refractivity contribution >= 4 is 23.7 Å². The van der Waals surface area contributed by atoms with Gasteiger partial charge in [0, 0.05) is 18.3 Å². The second-order valence-electron chi connectivity index (χ2n) is 8.85. The molecule has 180 valence electrons. The van der Waals surface area contributed by atoms with Crippen molar-refractivity contribution in [3.8, 4) is 0 Å². The Balaban J connectivity index is 3.00. The van der Waals surface area contributed by atoms with Gasteiger partial charge >= 0.3 is 5.97 Å². The highest BCUT2D eigenvalue weighted by Gasteiger charge is 2.31. The van der Waals surface area contributed by atoms with E-state index in [4.69, 9.17) is 5.73 Å². The van der Waals surface area contributed by atoms with Gasteiger partial charge in [-0.3, -0.25) is 14.4 Å². The molecular weight excluding hydrogens is 416 g/mol. The van der Waals surface area contributed by atoms with Crippen LogP contribution in [-0.2, 0) is 25.6 Å². The van der Waals surface area contributed by atoms with Crippen molar-refractivity contribution in [2.24, 2.45) is 17.6 Å². The monoisotopic (exact) mass is 452 g/mol. The third kappa shape index (κ3) is 9.46. The fourth-order valence-corrected chi connectivity index (χ4v) is 3.07. The molecule has 0 aliphatic carbocycles. The van der Waals surface area contributed by atoms with Gasteiger partial charge in [-0.1, -0.05) is 27.7 Å². The molecule has 7 N–H and O–H groups in total. The number of amides is 3. The highest BCUT2D eigenvalue weighted by Crippen LogP contribution is 2.10. The zero-order valence-electron chi connectivity index (χ0n) is 19.3. The molecule has 0 spiro atoms. The number of carbonyl (C=O) groups is 4. The number of carboxylic acids is 1. The van der Waals surface area contributed by atoms with Gasteiger partial charge < -0.3 is 31.8 Å². The van der Waals surface area contributed by atoms with Gasteiger partial charge in [-0.15, -0.1) is 0 Å². The lowest BCUT2D eigenvalue weighted by molar-refractivity contribution is -0.143. The summed E-state index contributed by atoms with van der Waals surface area (Å²) in [5, 5.41) is 17.2. The zero-order valence-corrected chi connectivity index (χ0v) is 19.3. The van der Waals surface area contributed by atoms with Crippen molar-refractivity contribution in [2.45, 2.75) is 78.0 Å². The van der Waals surface area contributed by atoms with Crippen LogP contribution in [0.3, 0.4) is 0 Å². The van der Waals surface area contributed by atoms with Gasteiger partial charge in [0.05, 0.1) is 12.4 Å². The Labute approximate surface area is 188 Å². The fraction of sp³-hybridized carbons (Fsp3) is 0.667. The number of carbonyl (C=O) groups excluding carboxylic acids is 3. The molecule has 1 rings (SSSR count). The minimum Gasteiger partial charge on any atom is -0.480 e. The van der Waals surface area contributed by atoms with Gasteiger partial charge in [0.2, 0.25) is 17.7 Å². The average molecular weight is 453 g/mol. The minimum absolute atomic E-state index is 0.0455. The van der Waals surface area contributed by atoms with Crippen LogP contribution in [0, 0.1) is 11.8 Å². The van der Waals surface area contributed by atoms with Crippen LogP contribution < -0.4 is 21.7 Å². The Morgan fingerprint density at radius 2 is 1.41 bits per heavy atom. The molecule has 0 radical (unpaired) electrons. The molecule has 0 saturated heterocycles. The maximum atomic E-state index is 13.0. The predicted molar refractivity (Wildman–Crippen MR) is 118 cm³/mol. The molecule has 0 aliphatic heterocycles. The summed E-state index contributed by atoms with van der Waals surface area (Å²) in [6.45, 7) is 8.98. The summed E-state index contributed by atoms with van der Waals surface area (Å²) >= 11 is 0. The summed E-state index contributed by atoms with van der Waals surface area (Å²) in [5.41, 5.74) is 6.23. The highest BCUT2D eigenvalue weighted by molar-refractivity contribution is 5.94. The summed E-state index contributed by atoms with van der Waals surface area (Å²) in [6.07, 6.45) is 3.65. The zero-order chi connectivity index (χ0) is 24.4. The molecule has 1 aromatic heterocycles. The number of nitrogens with two attached hydrogens (primary N) is 1. The topological polar surface area (TPSA) is 179 Å². The first-order chi connectivity index (χ1) is 14.9. The average Bonchev–Trinajstić information content (AvgIpc) is 3.18. The summed E-state index contributed by atoms with van der Waals surface area (Å²) in [5.74, 6) is -2.71. The van der Waals surface area contributed by atoms with Crippen molar-refractivity contribution in [1.29, 1.82) is 0 Å². The van der Waals surface area contributed by atoms with Crippen LogP contribution in [0.5, 0.6) is 0 Å². The van der Waals surface area contributed by atoms with E-state index in [1.807, 2.05) is 27.7 Å². The molecule has 0 fully saturated rings. The van der Waals surface area contributed by atoms with Crippen LogP contribution in [0.4, 0.5) is 0 Å². The maximum Gasteiger partial charge on any atom is 0.326 e. The van der Waals surface area contributed by atoms with E-state index in [1.54, 1.807) is 0 Å². The molecule has 11 heteroatoms. The first kappa shape index (κ1) is 27.1. The van der Waals surface area contributed by atoms with Crippen LogP contribution in [0.2, 0.25) is 0 Å². The van der Waals surface area contributed by atoms with E-state index in [-0.39, 0.29) is 24.7 Å². The fourth-order valence-electron chi connectivity index (χ4n) is 3.07. The third-order valence-corrected chi connectivity index (χ3v) is 4.69. The minimum atomic E-state index is -1.14. The molecule has 1 aromatic rings. The normalized spacial score (nSPS) is 15.0. The van der Waals surface area contributed by atoms with E-state index in [2.05, 4.69) is 25.9 Å². The van der Waals surface area contributed by atoms with E-state index in [0.717, 1.165) is 0 Å². The standard InChI is InChI=1S/C21H36N6O5/c1-11(2)6-15(19(29)27-17(21(31)32)7-12(3)4)26-20(30)16(25-18(28)13(5)22)8-14-9-23-10-24-14/h9-13,15-17H,6-8,22H2,1-5H3,(H,23,24)(H,25,28)(H,26,30)(H,27,29)(H,31,32)/t13-,15-,16-,17-/m0/s1. The third-order valence-electron chi connectivity index (χ3n) is 4.69. The summed E-state index contributed by atoms with van der Waals surface area (Å²) in [7, 11) is 0. The Hall–Kier alpha value is -2.95. The lowest BCUT2D eigenvalue weighted by Gasteiger charge is -2.26. The van der Waals surface area contributed by atoms with Crippen LogP contribution in [0.25, 0.3) is 0 Å². The highest BCUT2D eigenvalue weighted by atomic mass is 16.4. The van der Waals surface area contributed by atoms with E-state index < -0.39 is 47.9 Å². The first-order valence-corrected chi connectivity index (χ1v) is 10.8. The Bertz CT molecular complexity index is 763. The number of hydrogen-bond donors (Lipinski definition) is 6. The lowest BCUT2D eigenvalue weighted by atomic mass is 10.00. The number of aromatic amines is 1. The van der Waals surface area contributed by atoms with E-state index >= 15 is 0 Å². The maximum absolute atomic E-state index is 13.0. The van der Waals surface area contributed by atoms with E-state index in [9.17, 15) is 24.3 Å². The van der Waals surface area contributed by atoms with Crippen molar-refractivity contribution in [3.05, 3.63) is 18.2 Å². The molecule has 0 saturated carbocycles. The molecule has 3 amide bonds. The Morgan fingerprint density at radius 1 is 0.906 bits per heavy atom. The van der Waals surface area contributed by atoms with Crippen molar-refractivity contribution in [3.63, 3.8) is 0 Å². The quantitative estimate of drug-likeness (QED) is 0.242. The van der Waals surface area contributed by atoms with Gasteiger partial charge in [0.25, 0.3) is 0 Å². The van der Waals surface area contributed by atoms with E-state index in [0.29, 0.717) is 12.1 Å². The number of hydrogen-bond acceptors (Lipinski definition) is 6. The molecule has 11 nitrogen and oxygen atoms in total. The summed E-state index contributed by atoms with van der Waals surface area (Å²) in [6, 6.07) is -3.85. The summed E-state index contributed by atoms with van der Waals surface area (Å²) in [4.78, 5) is 56.3. The molecule has 0 aromatic carbocycles. The Morgan fingerprint density at radius 3 is 1.88 bits per heavy atom. The number of imidazole rings is 1. The molecule has 0 aliphatic rings. The number of rotatable bonds is 13. The number of H-pyrrole nitrogens is 1. The molecule has 0 unspecified atom stereocenters. The smallest absolute Gasteiger partial charge is 0.326 e. The molecule has 32 heavy (non-hydrogen) atoms. The molecule has 0 bridgehead atoms. The van der Waals surface area contributed by atoms with Gasteiger partial charge in [-0.25, -0.2) is 9.78 Å². The van der Waals surface area contributed by atoms with Crippen molar-refractivity contribution in [1.82, 2.24) is 25.9 Å². The number of nitrogens with one attached hydrogen (secondary N) is 4. The SMILES string of the molecule is CC(C)C[C@H](NC(=O)[C@H](CC(C)C)NC(=O)[C@H](Cc1cnc[nH]1)NC(=O)[C@H](C)N)C(=O)O. The molecule has 4 atom stereocenters. The van der Waals surface area contributed by atoms with Gasteiger partial charge in [-0.05, 0) is 31.6 Å².